The van der Waals surface area contributed by atoms with E-state index in [1.165, 1.54) is 17.1 Å². The minimum atomic E-state index is -2.85. The number of ether oxygens (including phenoxy) is 3. The summed E-state index contributed by atoms with van der Waals surface area (Å²) in [6, 6.07) is 8.28. The molecule has 2 aliphatic carbocycles. The van der Waals surface area contributed by atoms with E-state index < -0.39 is 63.7 Å². The van der Waals surface area contributed by atoms with Gasteiger partial charge < -0.3 is 39.6 Å². The quantitative estimate of drug-likeness (QED) is 0.0746. The molecule has 21 heteroatoms. The average Bonchev–Trinajstić information content (AvgIpc) is 1.56. The van der Waals surface area contributed by atoms with Gasteiger partial charge in [0, 0.05) is 117 Å². The van der Waals surface area contributed by atoms with E-state index in [-0.39, 0.29) is 73.0 Å². The molecule has 8 heterocycles. The summed E-state index contributed by atoms with van der Waals surface area (Å²) in [5, 5.41) is 5.63. The number of rotatable bonds is 15. The SMILES string of the molecule is CC/C(=C\C(=C(/N)[C@H](C)OC)c1c2c3cc(ccc3n1CC)-c1cc(cc(C(F)F)c1)C[C@H](NC(=O)[C@H](C1CCCC1)N1CCC3C[C@@H](CCN3C(=O)[C@H]3[C@@H](C4CC4)N3[S@](=O)C(C)(C)C)C1)C(=O)N1CCC[C@H](N1)C(=O)OCC(C)(C)C2)N1CCN2CCOC[C@@H]2C1. The molecular weight excluding hydrogens is 1190 g/mol. The molecule has 3 aromatic rings. The Hall–Kier alpha value is -5.29. The van der Waals surface area contributed by atoms with Crippen LogP contribution < -0.4 is 16.5 Å². The lowest BCUT2D eigenvalue weighted by Gasteiger charge is -2.45. The number of amides is 3. The molecule has 8 fully saturated rings. The molecule has 11 atom stereocenters. The Kier molecular flexibility index (Phi) is 19.9. The number of alkyl halides is 2. The van der Waals surface area contributed by atoms with Gasteiger partial charge in [-0.15, -0.1) is 0 Å². The Morgan fingerprint density at radius 1 is 0.924 bits per heavy atom. The summed E-state index contributed by atoms with van der Waals surface area (Å²) in [7, 11) is 0.367. The van der Waals surface area contributed by atoms with Crippen LogP contribution in [0.1, 0.15) is 161 Å². The van der Waals surface area contributed by atoms with Gasteiger partial charge in [0.25, 0.3) is 12.3 Å². The third kappa shape index (κ3) is 13.9. The number of aromatic nitrogens is 1. The number of piperazine rings is 1. The van der Waals surface area contributed by atoms with Crippen LogP contribution >= 0.6 is 0 Å². The monoisotopic (exact) mass is 1290 g/mol. The number of esters is 1. The largest absolute Gasteiger partial charge is 0.464 e. The van der Waals surface area contributed by atoms with E-state index in [1.54, 1.807) is 7.11 Å². The van der Waals surface area contributed by atoms with Crippen LogP contribution in [0.25, 0.3) is 27.6 Å². The minimum Gasteiger partial charge on any atom is -0.464 e. The summed E-state index contributed by atoms with van der Waals surface area (Å²) in [4.78, 5) is 69.6. The van der Waals surface area contributed by atoms with Gasteiger partial charge in [0.15, 0.2) is 0 Å². The fourth-order valence-electron chi connectivity index (χ4n) is 16.6. The third-order valence-electron chi connectivity index (χ3n) is 21.7. The maximum atomic E-state index is 15.7. The lowest BCUT2D eigenvalue weighted by Crippen LogP contribution is -2.62. The molecule has 92 heavy (non-hydrogen) atoms. The number of halogens is 2. The molecule has 9 aliphatic rings. The smallest absolute Gasteiger partial charge is 0.324 e. The van der Waals surface area contributed by atoms with Gasteiger partial charge in [-0.05, 0) is 170 Å². The number of carbonyl (C=O) groups is 4. The summed E-state index contributed by atoms with van der Waals surface area (Å²) < 4.78 is 67.0. The summed E-state index contributed by atoms with van der Waals surface area (Å²) >= 11 is 0. The van der Waals surface area contributed by atoms with E-state index >= 15 is 18.4 Å². The van der Waals surface area contributed by atoms with Crippen LogP contribution in [-0.4, -0.2) is 194 Å². The van der Waals surface area contributed by atoms with Crippen LogP contribution in [0.15, 0.2) is 53.9 Å². The van der Waals surface area contributed by atoms with E-state index in [1.807, 2.05) is 44.1 Å². The first-order valence-corrected chi connectivity index (χ1v) is 35.8. The molecule has 0 spiro atoms. The van der Waals surface area contributed by atoms with Crippen molar-refractivity contribution in [2.45, 2.75) is 211 Å². The zero-order valence-electron chi connectivity index (χ0n) is 56.0. The van der Waals surface area contributed by atoms with Crippen molar-refractivity contribution >= 4 is 51.2 Å². The fraction of sp³-hybridized carbons (Fsp3) is 0.690. The average molecular weight is 1290 g/mol. The van der Waals surface area contributed by atoms with Gasteiger partial charge in [0.2, 0.25) is 11.8 Å². The highest BCUT2D eigenvalue weighted by atomic mass is 32.2. The zero-order valence-corrected chi connectivity index (χ0v) is 56.8. The number of piperidine rings is 1. The van der Waals surface area contributed by atoms with E-state index in [9.17, 15) is 13.8 Å². The standard InChI is InChI=1S/C71H102F2N10O8S/c1-10-51(78-28-27-77-29-30-90-41-53(77)40-78)37-55(60(74)43(3)89-9)63-56-38-71(7,8)42-91-69(87)57-17-14-24-82(76-57)67(85)58(34-45-31-49(35-50(32-45)65(72)73)48-20-21-59(54(56)36-48)80(63)11-2)75-66(84)62(46-15-12-13-16-46)79-25-23-52-33-44(39-79)22-26-81(52)68(86)64-61(47-18-19-47)83(64)92(88)70(4,5)6/h20-21,31-32,35-37,43-44,46-47,52-53,57-58,61-62,64-65,76H,10-19,22-30,33-34,38-42,74H2,1-9H3,(H,75,84)/b51-37+,60-55+/t43-,44+,52?,53-,57-,58-,61+,62-,64+,83?,92+/m0/s1. The van der Waals surface area contributed by atoms with Crippen molar-refractivity contribution in [2.24, 2.45) is 28.9 Å². The predicted molar refractivity (Wildman–Crippen MR) is 354 cm³/mol. The van der Waals surface area contributed by atoms with Crippen molar-refractivity contribution in [1.29, 1.82) is 0 Å². The predicted octanol–water partition coefficient (Wildman–Crippen LogP) is 8.73. The van der Waals surface area contributed by atoms with Crippen molar-refractivity contribution in [2.75, 3.05) is 79.3 Å². The lowest BCUT2D eigenvalue weighted by molar-refractivity contribution is -0.155. The van der Waals surface area contributed by atoms with Gasteiger partial charge in [0.05, 0.1) is 54.5 Å². The van der Waals surface area contributed by atoms with Gasteiger partial charge in [-0.1, -0.05) is 51.8 Å². The molecule has 2 unspecified atom stereocenters. The van der Waals surface area contributed by atoms with Crippen LogP contribution in [0.3, 0.4) is 0 Å². The Bertz CT molecular complexity index is 3340. The number of methoxy groups -OCH3 is 1. The summed E-state index contributed by atoms with van der Waals surface area (Å²) in [5.74, 6) is -0.491. The first-order chi connectivity index (χ1) is 44.0. The number of carbonyl (C=O) groups excluding carboxylic acids is 4. The number of nitrogens with one attached hydrogen (secondary N) is 2. The Morgan fingerprint density at radius 3 is 2.42 bits per heavy atom. The number of allylic oxidation sites excluding steroid dienone is 3. The van der Waals surface area contributed by atoms with Gasteiger partial charge in [-0.3, -0.25) is 34.0 Å². The van der Waals surface area contributed by atoms with Gasteiger partial charge >= 0.3 is 5.97 Å². The molecule has 2 aromatic carbocycles. The molecule has 18 nitrogen and oxygen atoms in total. The lowest BCUT2D eigenvalue weighted by atomic mass is 9.83. The number of hydrazine groups is 1. The topological polar surface area (TPSA) is 187 Å². The number of morpholine rings is 1. The number of likely N-dealkylation sites (tertiary alicyclic amines) is 2. The van der Waals surface area contributed by atoms with Crippen LogP contribution in [0.5, 0.6) is 0 Å². The number of benzene rings is 2. The highest BCUT2D eigenvalue weighted by Gasteiger charge is 2.64. The molecule has 7 aliphatic heterocycles. The van der Waals surface area contributed by atoms with Crippen LogP contribution in [-0.2, 0) is 63.8 Å². The first-order valence-electron chi connectivity index (χ1n) is 34.7. The number of fused-ring (bicyclic) bond motifs is 9. The van der Waals surface area contributed by atoms with Crippen LogP contribution in [0, 0.1) is 23.2 Å². The Labute approximate surface area is 546 Å². The molecule has 12 rings (SSSR count). The molecule has 2 saturated carbocycles. The number of hydrogen-bond donors (Lipinski definition) is 3. The second-order valence-electron chi connectivity index (χ2n) is 29.9. The molecular formula is C71H102F2N10O8S. The van der Waals surface area contributed by atoms with E-state index in [0.717, 1.165) is 124 Å². The highest BCUT2D eigenvalue weighted by molar-refractivity contribution is 7.84. The van der Waals surface area contributed by atoms with E-state index in [0.29, 0.717) is 86.8 Å². The second-order valence-corrected chi connectivity index (χ2v) is 32.0. The number of aryl methyl sites for hydroxylation is 1. The van der Waals surface area contributed by atoms with Crippen molar-refractivity contribution in [3.05, 3.63) is 76.3 Å². The molecule has 6 saturated heterocycles. The normalized spacial score (nSPS) is 29.3. The van der Waals surface area contributed by atoms with Crippen molar-refractivity contribution in [3.63, 3.8) is 0 Å². The van der Waals surface area contributed by atoms with Crippen molar-refractivity contribution < 1.29 is 46.4 Å². The summed E-state index contributed by atoms with van der Waals surface area (Å²) in [6.07, 6.45) is 9.01. The molecule has 4 N–H and O–H groups in total. The van der Waals surface area contributed by atoms with E-state index in [2.05, 4.69) is 80.8 Å². The first kappa shape index (κ1) is 66.7. The Morgan fingerprint density at radius 2 is 1.71 bits per heavy atom. The van der Waals surface area contributed by atoms with Gasteiger partial charge in [0.1, 0.15) is 29.1 Å². The van der Waals surface area contributed by atoms with E-state index in [4.69, 9.17) is 19.9 Å². The van der Waals surface area contributed by atoms with Crippen LogP contribution in [0.2, 0.25) is 0 Å². The number of nitrogens with zero attached hydrogens (tertiary/aromatic N) is 7. The van der Waals surface area contributed by atoms with Crippen LogP contribution in [0.4, 0.5) is 8.78 Å². The summed E-state index contributed by atoms with van der Waals surface area (Å²) in [6.45, 7) is 24.0. The number of nitrogens with two attached hydrogens (primary N) is 1. The number of hydrogen-bond acceptors (Lipinski definition) is 13. The molecule has 3 amide bonds. The zero-order chi connectivity index (χ0) is 65.1. The van der Waals surface area contributed by atoms with Crippen molar-refractivity contribution in [1.82, 2.24) is 44.2 Å². The molecule has 1 aromatic heterocycles. The third-order valence-corrected chi connectivity index (χ3v) is 23.6. The maximum Gasteiger partial charge on any atom is 0.324 e. The second kappa shape index (κ2) is 27.4. The maximum absolute atomic E-state index is 15.7. The molecule has 504 valence electrons. The minimum absolute atomic E-state index is 0.0153. The summed E-state index contributed by atoms with van der Waals surface area (Å²) in [5.41, 5.74) is 16.8. The van der Waals surface area contributed by atoms with Gasteiger partial charge in [-0.25, -0.2) is 22.7 Å². The fourth-order valence-corrected chi connectivity index (χ4v) is 18.1. The van der Waals surface area contributed by atoms with Crippen molar-refractivity contribution in [3.8, 4) is 11.1 Å². The number of cyclic esters (lactones) is 1. The molecule has 0 radical (unpaired) electrons. The van der Waals surface area contributed by atoms with Gasteiger partial charge in [-0.2, -0.15) is 0 Å². The Balaban J connectivity index is 0.897. The highest BCUT2D eigenvalue weighted by Crippen LogP contribution is 2.51. The molecule has 8 bridgehead atoms.